The third-order valence-electron chi connectivity index (χ3n) is 4.96. The van der Waals surface area contributed by atoms with Crippen molar-refractivity contribution in [1.29, 1.82) is 0 Å². The molecule has 1 aromatic carbocycles. The van der Waals surface area contributed by atoms with Crippen molar-refractivity contribution >= 4 is 17.7 Å². The lowest BCUT2D eigenvalue weighted by Gasteiger charge is -2.28. The average molecular weight is 429 g/mol. The van der Waals surface area contributed by atoms with Gasteiger partial charge in [0.25, 0.3) is 0 Å². The molecule has 30 heavy (non-hydrogen) atoms. The standard InChI is InChI=1S/C21H28N6O2S/c1-5-15-8-6-7-9-16(15)27-19(26-10-12-28-13-11-26)23-24-20(27)30-14-17-22-18(29-25-17)21(2,3)4/h6-9H,5,10-14H2,1-4H3. The predicted molar refractivity (Wildman–Crippen MR) is 116 cm³/mol. The summed E-state index contributed by atoms with van der Waals surface area (Å²) in [6.45, 7) is 11.3. The first-order chi connectivity index (χ1) is 14.5. The fraction of sp³-hybridized carbons (Fsp3) is 0.524. The highest BCUT2D eigenvalue weighted by molar-refractivity contribution is 7.98. The number of para-hydroxylation sites is 1. The fourth-order valence-electron chi connectivity index (χ4n) is 3.31. The molecule has 0 N–H and O–H groups in total. The van der Waals surface area contributed by atoms with Crippen molar-refractivity contribution < 1.29 is 9.26 Å². The molecule has 1 aliphatic heterocycles. The van der Waals surface area contributed by atoms with E-state index in [9.17, 15) is 0 Å². The normalized spacial score (nSPS) is 15.0. The molecule has 9 heteroatoms. The van der Waals surface area contributed by atoms with Gasteiger partial charge in [-0.1, -0.05) is 62.8 Å². The summed E-state index contributed by atoms with van der Waals surface area (Å²) < 4.78 is 13.1. The van der Waals surface area contributed by atoms with E-state index in [2.05, 4.69) is 81.8 Å². The highest BCUT2D eigenvalue weighted by Gasteiger charge is 2.25. The van der Waals surface area contributed by atoms with E-state index in [1.807, 2.05) is 0 Å². The molecule has 0 unspecified atom stereocenters. The van der Waals surface area contributed by atoms with Gasteiger partial charge in [0.2, 0.25) is 11.8 Å². The maximum Gasteiger partial charge on any atom is 0.232 e. The van der Waals surface area contributed by atoms with Crippen LogP contribution in [0, 0.1) is 0 Å². The van der Waals surface area contributed by atoms with Gasteiger partial charge in [0.05, 0.1) is 24.7 Å². The van der Waals surface area contributed by atoms with Crippen LogP contribution >= 0.6 is 11.8 Å². The summed E-state index contributed by atoms with van der Waals surface area (Å²) in [5, 5.41) is 14.0. The highest BCUT2D eigenvalue weighted by atomic mass is 32.2. The van der Waals surface area contributed by atoms with Crippen LogP contribution in [0.2, 0.25) is 0 Å². The second kappa shape index (κ2) is 8.77. The smallest absolute Gasteiger partial charge is 0.232 e. The van der Waals surface area contributed by atoms with Gasteiger partial charge in [0.15, 0.2) is 11.0 Å². The molecule has 3 aromatic rings. The second-order valence-corrected chi connectivity index (χ2v) is 9.20. The molecule has 0 amide bonds. The first-order valence-corrected chi connectivity index (χ1v) is 11.3. The number of benzene rings is 1. The number of aryl methyl sites for hydroxylation is 1. The molecule has 1 saturated heterocycles. The number of thioether (sulfide) groups is 1. The van der Waals surface area contributed by atoms with E-state index in [1.165, 1.54) is 5.56 Å². The summed E-state index contributed by atoms with van der Waals surface area (Å²) in [5.41, 5.74) is 2.19. The van der Waals surface area contributed by atoms with Gasteiger partial charge in [0.1, 0.15) is 0 Å². The Morgan fingerprint density at radius 3 is 2.57 bits per heavy atom. The van der Waals surface area contributed by atoms with Gasteiger partial charge >= 0.3 is 0 Å². The summed E-state index contributed by atoms with van der Waals surface area (Å²) in [4.78, 5) is 6.78. The summed E-state index contributed by atoms with van der Waals surface area (Å²) in [5.74, 6) is 2.72. The third-order valence-corrected chi connectivity index (χ3v) is 5.89. The molecule has 1 aliphatic rings. The number of rotatable bonds is 6. The lowest BCUT2D eigenvalue weighted by atomic mass is 9.97. The van der Waals surface area contributed by atoms with E-state index in [1.54, 1.807) is 11.8 Å². The van der Waals surface area contributed by atoms with Gasteiger partial charge in [0, 0.05) is 18.5 Å². The maximum atomic E-state index is 5.52. The number of ether oxygens (including phenoxy) is 1. The zero-order valence-corrected chi connectivity index (χ0v) is 18.8. The molecular weight excluding hydrogens is 400 g/mol. The topological polar surface area (TPSA) is 82.1 Å². The van der Waals surface area contributed by atoms with Crippen LogP contribution in [0.5, 0.6) is 0 Å². The Bertz CT molecular complexity index is 988. The van der Waals surface area contributed by atoms with Crippen LogP contribution in [0.1, 0.15) is 45.0 Å². The van der Waals surface area contributed by atoms with E-state index in [0.29, 0.717) is 30.7 Å². The molecule has 4 rings (SSSR count). The van der Waals surface area contributed by atoms with E-state index in [0.717, 1.165) is 36.3 Å². The monoisotopic (exact) mass is 428 g/mol. The summed E-state index contributed by atoms with van der Waals surface area (Å²) in [6, 6.07) is 8.41. The number of hydrogen-bond acceptors (Lipinski definition) is 8. The third kappa shape index (κ3) is 4.37. The molecule has 0 bridgehead atoms. The Labute approximate surface area is 181 Å². The maximum absolute atomic E-state index is 5.52. The second-order valence-electron chi connectivity index (χ2n) is 8.25. The van der Waals surface area contributed by atoms with E-state index in [4.69, 9.17) is 9.26 Å². The minimum atomic E-state index is -0.167. The minimum Gasteiger partial charge on any atom is -0.378 e. The number of morpholine rings is 1. The quantitative estimate of drug-likeness (QED) is 0.551. The van der Waals surface area contributed by atoms with E-state index < -0.39 is 0 Å². The first kappa shape index (κ1) is 20.9. The van der Waals surface area contributed by atoms with Crippen LogP contribution in [0.4, 0.5) is 5.95 Å². The van der Waals surface area contributed by atoms with Crippen molar-refractivity contribution in [2.75, 3.05) is 31.2 Å². The Balaban J connectivity index is 1.65. The molecule has 8 nitrogen and oxygen atoms in total. The van der Waals surface area contributed by atoms with Crippen molar-refractivity contribution in [3.05, 3.63) is 41.5 Å². The minimum absolute atomic E-state index is 0.167. The summed E-state index contributed by atoms with van der Waals surface area (Å²) >= 11 is 1.57. The number of nitrogens with zero attached hydrogens (tertiary/aromatic N) is 6. The van der Waals surface area contributed by atoms with Gasteiger partial charge in [-0.15, -0.1) is 10.2 Å². The Morgan fingerprint density at radius 1 is 1.10 bits per heavy atom. The average Bonchev–Trinajstić information content (AvgIpc) is 3.40. The summed E-state index contributed by atoms with van der Waals surface area (Å²) in [7, 11) is 0. The van der Waals surface area contributed by atoms with Crippen molar-refractivity contribution in [3.8, 4) is 5.69 Å². The lowest BCUT2D eigenvalue weighted by Crippen LogP contribution is -2.38. The van der Waals surface area contributed by atoms with Crippen molar-refractivity contribution in [1.82, 2.24) is 24.9 Å². The largest absolute Gasteiger partial charge is 0.378 e. The van der Waals surface area contributed by atoms with Crippen LogP contribution in [-0.2, 0) is 22.3 Å². The molecule has 0 spiro atoms. The SMILES string of the molecule is CCc1ccccc1-n1c(SCc2noc(C(C)(C)C)n2)nnc1N1CCOCC1. The fourth-order valence-corrected chi connectivity index (χ4v) is 4.09. The van der Waals surface area contributed by atoms with Crippen LogP contribution < -0.4 is 4.90 Å². The molecule has 2 aromatic heterocycles. The number of aromatic nitrogens is 5. The predicted octanol–water partition coefficient (Wildman–Crippen LogP) is 3.64. The van der Waals surface area contributed by atoms with Crippen LogP contribution in [0.3, 0.4) is 0 Å². The molecular formula is C21H28N6O2S. The number of hydrogen-bond donors (Lipinski definition) is 0. The molecule has 3 heterocycles. The highest BCUT2D eigenvalue weighted by Crippen LogP contribution is 2.31. The molecule has 0 aliphatic carbocycles. The molecule has 160 valence electrons. The van der Waals surface area contributed by atoms with Gasteiger partial charge in [-0.25, -0.2) is 0 Å². The van der Waals surface area contributed by atoms with Gasteiger partial charge < -0.3 is 14.2 Å². The van der Waals surface area contributed by atoms with Crippen LogP contribution in [0.15, 0.2) is 33.9 Å². The first-order valence-electron chi connectivity index (χ1n) is 10.3. The van der Waals surface area contributed by atoms with Crippen LogP contribution in [-0.4, -0.2) is 51.2 Å². The van der Waals surface area contributed by atoms with Crippen molar-refractivity contribution in [3.63, 3.8) is 0 Å². The Kier molecular flexibility index (Phi) is 6.10. The Morgan fingerprint density at radius 2 is 1.87 bits per heavy atom. The van der Waals surface area contributed by atoms with E-state index >= 15 is 0 Å². The van der Waals surface area contributed by atoms with Gasteiger partial charge in [-0.05, 0) is 18.1 Å². The Hall–Kier alpha value is -2.39. The van der Waals surface area contributed by atoms with Crippen molar-refractivity contribution in [2.45, 2.75) is 50.4 Å². The van der Waals surface area contributed by atoms with Gasteiger partial charge in [-0.2, -0.15) is 4.98 Å². The van der Waals surface area contributed by atoms with E-state index in [-0.39, 0.29) is 5.41 Å². The molecule has 0 saturated carbocycles. The molecule has 1 fully saturated rings. The summed E-state index contributed by atoms with van der Waals surface area (Å²) in [6.07, 6.45) is 0.931. The van der Waals surface area contributed by atoms with Crippen LogP contribution in [0.25, 0.3) is 5.69 Å². The molecule has 0 atom stereocenters. The zero-order chi connectivity index (χ0) is 21.1. The van der Waals surface area contributed by atoms with Crippen molar-refractivity contribution in [2.24, 2.45) is 0 Å². The lowest BCUT2D eigenvalue weighted by molar-refractivity contribution is 0.122. The molecule has 0 radical (unpaired) electrons. The van der Waals surface area contributed by atoms with Gasteiger partial charge in [-0.3, -0.25) is 4.57 Å². The number of anilines is 1. The zero-order valence-electron chi connectivity index (χ0n) is 18.0.